The average molecular weight is 164 g/mol. The second-order valence-electron chi connectivity index (χ2n) is 2.54. The first-order valence-corrected chi connectivity index (χ1v) is 3.58. The Labute approximate surface area is 68.5 Å². The average Bonchev–Trinajstić information content (AvgIpc) is 2.46. The number of phenolic OH excluding ortho intramolecular Hbond substituents is 1. The summed E-state index contributed by atoms with van der Waals surface area (Å²) >= 11 is 0. The lowest BCUT2D eigenvalue weighted by Crippen LogP contribution is -1.83. The first kappa shape index (κ1) is 7.12. The predicted molar refractivity (Wildman–Crippen MR) is 43.7 cm³/mol. The van der Waals surface area contributed by atoms with Gasteiger partial charge in [0.15, 0.2) is 0 Å². The summed E-state index contributed by atoms with van der Waals surface area (Å²) in [6.45, 7) is -0.116. The molecule has 0 amide bonds. The summed E-state index contributed by atoms with van der Waals surface area (Å²) in [5, 5.41) is 17.9. The number of aromatic hydroxyl groups is 1. The number of aliphatic hydroxyl groups is 1. The summed E-state index contributed by atoms with van der Waals surface area (Å²) in [7, 11) is 0. The van der Waals surface area contributed by atoms with Crippen molar-refractivity contribution >= 4 is 11.0 Å². The third-order valence-electron chi connectivity index (χ3n) is 1.66. The molecular weight excluding hydrogens is 156 g/mol. The molecule has 2 rings (SSSR count). The van der Waals surface area contributed by atoms with E-state index in [0.29, 0.717) is 5.82 Å². The topological polar surface area (TPSA) is 69.1 Å². The zero-order valence-electron chi connectivity index (χ0n) is 6.28. The lowest BCUT2D eigenvalue weighted by atomic mass is 10.3. The molecule has 2 aromatic rings. The van der Waals surface area contributed by atoms with Gasteiger partial charge >= 0.3 is 0 Å². The van der Waals surface area contributed by atoms with Crippen LogP contribution in [0.5, 0.6) is 5.75 Å². The molecule has 0 aliphatic heterocycles. The quantitative estimate of drug-likeness (QED) is 0.582. The number of aromatic nitrogens is 2. The molecule has 1 aromatic carbocycles. The van der Waals surface area contributed by atoms with Gasteiger partial charge < -0.3 is 15.2 Å². The van der Waals surface area contributed by atoms with Gasteiger partial charge in [0.05, 0.1) is 11.0 Å². The highest BCUT2D eigenvalue weighted by Crippen LogP contribution is 2.17. The number of nitrogens with zero attached hydrogens (tertiary/aromatic N) is 1. The van der Waals surface area contributed by atoms with Gasteiger partial charge in [-0.2, -0.15) is 0 Å². The minimum atomic E-state index is -0.116. The molecule has 4 heteroatoms. The minimum absolute atomic E-state index is 0.116. The first-order valence-electron chi connectivity index (χ1n) is 3.58. The smallest absolute Gasteiger partial charge is 0.133 e. The Morgan fingerprint density at radius 1 is 1.42 bits per heavy atom. The fraction of sp³-hybridized carbons (Fsp3) is 0.125. The number of H-pyrrole nitrogens is 1. The summed E-state index contributed by atoms with van der Waals surface area (Å²) < 4.78 is 0. The normalized spacial score (nSPS) is 10.8. The number of phenols is 1. The molecule has 0 saturated carbocycles. The Morgan fingerprint density at radius 3 is 3.00 bits per heavy atom. The van der Waals surface area contributed by atoms with Crippen molar-refractivity contribution in [1.82, 2.24) is 9.97 Å². The predicted octanol–water partition coefficient (Wildman–Crippen LogP) is 0.761. The van der Waals surface area contributed by atoms with E-state index in [2.05, 4.69) is 9.97 Å². The molecule has 0 aliphatic carbocycles. The van der Waals surface area contributed by atoms with Crippen LogP contribution in [0.25, 0.3) is 11.0 Å². The third kappa shape index (κ3) is 1.02. The highest BCUT2D eigenvalue weighted by atomic mass is 16.3. The standard InChI is InChI=1S/C8H8N2O2/c11-4-8-9-6-2-1-5(12)3-7(6)10-8/h1-3,11-12H,4H2,(H,9,10). The van der Waals surface area contributed by atoms with Crippen LogP contribution in [0.1, 0.15) is 5.82 Å². The third-order valence-corrected chi connectivity index (χ3v) is 1.66. The highest BCUT2D eigenvalue weighted by Gasteiger charge is 2.00. The molecule has 0 unspecified atom stereocenters. The number of imidazole rings is 1. The number of hydrogen-bond donors (Lipinski definition) is 3. The monoisotopic (exact) mass is 164 g/mol. The van der Waals surface area contributed by atoms with Crippen molar-refractivity contribution < 1.29 is 10.2 Å². The molecular formula is C8H8N2O2. The molecule has 1 heterocycles. The molecule has 0 saturated heterocycles. The maximum atomic E-state index is 9.10. The van der Waals surface area contributed by atoms with Crippen LogP contribution >= 0.6 is 0 Å². The Morgan fingerprint density at radius 2 is 2.25 bits per heavy atom. The molecule has 0 aliphatic rings. The lowest BCUT2D eigenvalue weighted by Gasteiger charge is -1.88. The van der Waals surface area contributed by atoms with E-state index in [1.54, 1.807) is 18.2 Å². The molecule has 62 valence electrons. The van der Waals surface area contributed by atoms with Gasteiger partial charge in [-0.05, 0) is 12.1 Å². The van der Waals surface area contributed by atoms with Gasteiger partial charge in [-0.1, -0.05) is 0 Å². The van der Waals surface area contributed by atoms with Crippen molar-refractivity contribution in [2.75, 3.05) is 0 Å². The molecule has 1 aromatic heterocycles. The number of hydrogen-bond acceptors (Lipinski definition) is 3. The van der Waals surface area contributed by atoms with E-state index in [0.717, 1.165) is 11.0 Å². The number of rotatable bonds is 1. The second-order valence-corrected chi connectivity index (χ2v) is 2.54. The Kier molecular flexibility index (Phi) is 1.48. The number of fused-ring (bicyclic) bond motifs is 1. The van der Waals surface area contributed by atoms with E-state index in [9.17, 15) is 0 Å². The molecule has 0 bridgehead atoms. The van der Waals surface area contributed by atoms with Gasteiger partial charge in [0, 0.05) is 6.07 Å². The molecule has 12 heavy (non-hydrogen) atoms. The van der Waals surface area contributed by atoms with Gasteiger partial charge in [0.25, 0.3) is 0 Å². The lowest BCUT2D eigenvalue weighted by molar-refractivity contribution is 0.273. The van der Waals surface area contributed by atoms with Crippen LogP contribution in [-0.2, 0) is 6.61 Å². The summed E-state index contributed by atoms with van der Waals surface area (Å²) in [4.78, 5) is 6.92. The number of aromatic amines is 1. The largest absolute Gasteiger partial charge is 0.508 e. The van der Waals surface area contributed by atoms with Crippen molar-refractivity contribution in [3.05, 3.63) is 24.0 Å². The molecule has 0 fully saturated rings. The Hall–Kier alpha value is -1.55. The summed E-state index contributed by atoms with van der Waals surface area (Å²) in [6, 6.07) is 4.83. The number of nitrogens with one attached hydrogen (secondary N) is 1. The van der Waals surface area contributed by atoms with Crippen molar-refractivity contribution in [2.45, 2.75) is 6.61 Å². The maximum absolute atomic E-state index is 9.10. The van der Waals surface area contributed by atoms with Crippen molar-refractivity contribution in [3.8, 4) is 5.75 Å². The minimum Gasteiger partial charge on any atom is -0.508 e. The van der Waals surface area contributed by atoms with Gasteiger partial charge in [-0.15, -0.1) is 0 Å². The summed E-state index contributed by atoms with van der Waals surface area (Å²) in [6.07, 6.45) is 0. The Balaban J connectivity index is 2.67. The molecule has 0 spiro atoms. The molecule has 3 N–H and O–H groups in total. The summed E-state index contributed by atoms with van der Waals surface area (Å²) in [5.41, 5.74) is 1.48. The van der Waals surface area contributed by atoms with Crippen LogP contribution in [0.15, 0.2) is 18.2 Å². The Bertz CT molecular complexity index is 408. The van der Waals surface area contributed by atoms with Crippen LogP contribution in [0, 0.1) is 0 Å². The van der Waals surface area contributed by atoms with Crippen LogP contribution in [0.3, 0.4) is 0 Å². The van der Waals surface area contributed by atoms with E-state index in [-0.39, 0.29) is 12.4 Å². The SMILES string of the molecule is OCc1nc2ccc(O)cc2[nH]1. The van der Waals surface area contributed by atoms with Crippen molar-refractivity contribution in [2.24, 2.45) is 0 Å². The van der Waals surface area contributed by atoms with Crippen LogP contribution < -0.4 is 0 Å². The van der Waals surface area contributed by atoms with E-state index < -0.39 is 0 Å². The summed E-state index contributed by atoms with van der Waals surface area (Å²) in [5.74, 6) is 0.700. The highest BCUT2D eigenvalue weighted by molar-refractivity contribution is 5.76. The van der Waals surface area contributed by atoms with Gasteiger partial charge in [-0.25, -0.2) is 4.98 Å². The maximum Gasteiger partial charge on any atom is 0.133 e. The number of aliphatic hydroxyl groups excluding tert-OH is 1. The molecule has 4 nitrogen and oxygen atoms in total. The molecule has 0 atom stereocenters. The second kappa shape index (κ2) is 2.49. The fourth-order valence-electron chi connectivity index (χ4n) is 1.13. The van der Waals surface area contributed by atoms with Gasteiger partial charge in [0.1, 0.15) is 18.2 Å². The zero-order chi connectivity index (χ0) is 8.55. The first-order chi connectivity index (χ1) is 5.79. The fourth-order valence-corrected chi connectivity index (χ4v) is 1.13. The van der Waals surface area contributed by atoms with E-state index >= 15 is 0 Å². The van der Waals surface area contributed by atoms with Crippen molar-refractivity contribution in [3.63, 3.8) is 0 Å². The van der Waals surface area contributed by atoms with Crippen molar-refractivity contribution in [1.29, 1.82) is 0 Å². The van der Waals surface area contributed by atoms with Crippen LogP contribution in [-0.4, -0.2) is 20.2 Å². The zero-order valence-corrected chi connectivity index (χ0v) is 6.28. The van der Waals surface area contributed by atoms with E-state index in [1.807, 2.05) is 0 Å². The van der Waals surface area contributed by atoms with Gasteiger partial charge in [0.2, 0.25) is 0 Å². The van der Waals surface area contributed by atoms with Crippen LogP contribution in [0.2, 0.25) is 0 Å². The van der Waals surface area contributed by atoms with Gasteiger partial charge in [-0.3, -0.25) is 0 Å². The van der Waals surface area contributed by atoms with E-state index in [4.69, 9.17) is 10.2 Å². The molecule has 0 radical (unpaired) electrons. The number of benzene rings is 1. The van der Waals surface area contributed by atoms with Crippen LogP contribution in [0.4, 0.5) is 0 Å². The van der Waals surface area contributed by atoms with E-state index in [1.165, 1.54) is 0 Å².